The molecule has 0 spiro atoms. The van der Waals surface area contributed by atoms with Crippen molar-refractivity contribution in [2.75, 3.05) is 0 Å². The molecule has 3 rings (SSSR count). The fourth-order valence-electron chi connectivity index (χ4n) is 4.01. The summed E-state index contributed by atoms with van der Waals surface area (Å²) >= 11 is 0. The molecule has 2 amide bonds. The molecule has 3 aromatic rings. The second-order valence-corrected chi connectivity index (χ2v) is 10.2. The minimum Gasteiger partial charge on any atom is -0.350 e. The van der Waals surface area contributed by atoms with Crippen LogP contribution in [0.4, 0.5) is 4.39 Å². The third-order valence-electron chi connectivity index (χ3n) is 5.99. The lowest BCUT2D eigenvalue weighted by atomic mass is 9.99. The Morgan fingerprint density at radius 3 is 2.17 bits per heavy atom. The predicted molar refractivity (Wildman–Crippen MR) is 138 cm³/mol. The van der Waals surface area contributed by atoms with Crippen molar-refractivity contribution in [2.24, 2.45) is 0 Å². The summed E-state index contributed by atoms with van der Waals surface area (Å²) in [6.45, 7) is 9.76. The predicted octanol–water partition coefficient (Wildman–Crippen LogP) is 5.54. The van der Waals surface area contributed by atoms with Gasteiger partial charge >= 0.3 is 0 Å². The van der Waals surface area contributed by atoms with E-state index >= 15 is 0 Å². The molecule has 184 valence electrons. The van der Waals surface area contributed by atoms with Crippen LogP contribution in [0.3, 0.4) is 0 Å². The van der Waals surface area contributed by atoms with E-state index in [1.54, 1.807) is 18.2 Å². The van der Waals surface area contributed by atoms with Gasteiger partial charge in [-0.1, -0.05) is 66.7 Å². The van der Waals surface area contributed by atoms with E-state index in [9.17, 15) is 14.0 Å². The van der Waals surface area contributed by atoms with E-state index in [1.807, 2.05) is 83.1 Å². The van der Waals surface area contributed by atoms with Crippen molar-refractivity contribution in [1.29, 1.82) is 0 Å². The third-order valence-corrected chi connectivity index (χ3v) is 5.99. The van der Waals surface area contributed by atoms with Crippen molar-refractivity contribution in [3.8, 4) is 0 Å². The number of carbonyl (C=O) groups is 2. The van der Waals surface area contributed by atoms with Crippen LogP contribution < -0.4 is 5.32 Å². The summed E-state index contributed by atoms with van der Waals surface area (Å²) in [6.07, 6.45) is 0.458. The van der Waals surface area contributed by atoms with E-state index in [2.05, 4.69) is 5.32 Å². The number of hydrogen-bond acceptors (Lipinski definition) is 2. The standard InChI is InChI=1S/C30H35FN2O2/c1-21-15-16-24(17-22(21)2)19-28(34)33(20-25-13-9-10-14-26(25)31)27(29(35)32-30(3,4)5)18-23-11-7-6-8-12-23/h6-17,27H,18-20H2,1-5H3,(H,32,35). The highest BCUT2D eigenvalue weighted by Gasteiger charge is 2.32. The zero-order valence-electron chi connectivity index (χ0n) is 21.3. The first-order chi connectivity index (χ1) is 16.5. The van der Waals surface area contributed by atoms with Crippen molar-refractivity contribution in [3.05, 3.63) is 106 Å². The van der Waals surface area contributed by atoms with E-state index in [1.165, 1.54) is 11.0 Å². The fourth-order valence-corrected chi connectivity index (χ4v) is 4.01. The number of carbonyl (C=O) groups excluding carboxylic acids is 2. The fraction of sp³-hybridized carbons (Fsp3) is 0.333. The second-order valence-electron chi connectivity index (χ2n) is 10.2. The number of rotatable bonds is 8. The maximum atomic E-state index is 14.7. The Bertz CT molecular complexity index is 1170. The minimum absolute atomic E-state index is 0.00537. The van der Waals surface area contributed by atoms with Gasteiger partial charge in [-0.3, -0.25) is 9.59 Å². The summed E-state index contributed by atoms with van der Waals surface area (Å²) < 4.78 is 14.7. The molecule has 1 unspecified atom stereocenters. The molecule has 0 aliphatic carbocycles. The Morgan fingerprint density at radius 1 is 0.886 bits per heavy atom. The summed E-state index contributed by atoms with van der Waals surface area (Å²) in [5, 5.41) is 3.03. The molecule has 0 saturated carbocycles. The van der Waals surface area contributed by atoms with E-state index < -0.39 is 17.4 Å². The summed E-state index contributed by atoms with van der Waals surface area (Å²) in [5.74, 6) is -0.876. The number of nitrogens with one attached hydrogen (secondary N) is 1. The summed E-state index contributed by atoms with van der Waals surface area (Å²) in [6, 6.07) is 21.1. The van der Waals surface area contributed by atoms with Gasteiger partial charge in [0.15, 0.2) is 0 Å². The van der Waals surface area contributed by atoms with Crippen LogP contribution in [0.15, 0.2) is 72.8 Å². The van der Waals surface area contributed by atoms with Crippen molar-refractivity contribution >= 4 is 11.8 Å². The Kier molecular flexibility index (Phi) is 8.44. The maximum Gasteiger partial charge on any atom is 0.243 e. The first kappa shape index (κ1) is 26.1. The van der Waals surface area contributed by atoms with Crippen molar-refractivity contribution in [2.45, 2.75) is 65.6 Å². The summed E-state index contributed by atoms with van der Waals surface area (Å²) in [4.78, 5) is 28.8. The number of nitrogens with zero attached hydrogens (tertiary/aromatic N) is 1. The van der Waals surface area contributed by atoms with Crippen LogP contribution in [0.1, 0.15) is 48.6 Å². The molecule has 0 radical (unpaired) electrons. The van der Waals surface area contributed by atoms with Gasteiger partial charge in [0.05, 0.1) is 6.42 Å². The number of benzene rings is 3. The number of halogens is 1. The average Bonchev–Trinajstić information content (AvgIpc) is 2.79. The first-order valence-corrected chi connectivity index (χ1v) is 12.0. The molecular formula is C30H35FN2O2. The Hall–Kier alpha value is -3.47. The van der Waals surface area contributed by atoms with Crippen LogP contribution in [0, 0.1) is 19.7 Å². The van der Waals surface area contributed by atoms with Crippen molar-refractivity contribution in [3.63, 3.8) is 0 Å². The van der Waals surface area contributed by atoms with Crippen molar-refractivity contribution in [1.82, 2.24) is 10.2 Å². The molecule has 0 fully saturated rings. The molecule has 0 saturated heterocycles. The summed E-state index contributed by atoms with van der Waals surface area (Å²) in [7, 11) is 0. The van der Waals surface area contributed by atoms with Crippen LogP contribution >= 0.6 is 0 Å². The number of hydrogen-bond donors (Lipinski definition) is 1. The Labute approximate surface area is 208 Å². The van der Waals surface area contributed by atoms with Gasteiger partial charge < -0.3 is 10.2 Å². The molecule has 35 heavy (non-hydrogen) atoms. The second kappa shape index (κ2) is 11.3. The molecule has 0 aromatic heterocycles. The van der Waals surface area contributed by atoms with Crippen LogP contribution in [0.5, 0.6) is 0 Å². The number of aryl methyl sites for hydroxylation is 2. The molecule has 0 aliphatic rings. The highest BCUT2D eigenvalue weighted by molar-refractivity contribution is 5.89. The van der Waals surface area contributed by atoms with Crippen LogP contribution in [-0.4, -0.2) is 28.3 Å². The van der Waals surface area contributed by atoms with E-state index in [-0.39, 0.29) is 24.8 Å². The topological polar surface area (TPSA) is 49.4 Å². The quantitative estimate of drug-likeness (QED) is 0.466. The van der Waals surface area contributed by atoms with Gasteiger partial charge in [-0.05, 0) is 62.9 Å². The van der Waals surface area contributed by atoms with Gasteiger partial charge in [-0.2, -0.15) is 0 Å². The zero-order chi connectivity index (χ0) is 25.6. The van der Waals surface area contributed by atoms with Crippen LogP contribution in [0.25, 0.3) is 0 Å². The highest BCUT2D eigenvalue weighted by atomic mass is 19.1. The lowest BCUT2D eigenvalue weighted by Crippen LogP contribution is -2.54. The molecule has 0 bridgehead atoms. The molecule has 4 nitrogen and oxygen atoms in total. The smallest absolute Gasteiger partial charge is 0.243 e. The minimum atomic E-state index is -0.796. The lowest BCUT2D eigenvalue weighted by Gasteiger charge is -2.34. The largest absolute Gasteiger partial charge is 0.350 e. The van der Waals surface area contributed by atoms with Gasteiger partial charge in [-0.25, -0.2) is 4.39 Å². The zero-order valence-corrected chi connectivity index (χ0v) is 21.3. The highest BCUT2D eigenvalue weighted by Crippen LogP contribution is 2.20. The van der Waals surface area contributed by atoms with Gasteiger partial charge in [-0.15, -0.1) is 0 Å². The molecule has 1 N–H and O–H groups in total. The SMILES string of the molecule is Cc1ccc(CC(=O)N(Cc2ccccc2F)C(Cc2ccccc2)C(=O)NC(C)(C)C)cc1C. The van der Waals surface area contributed by atoms with E-state index in [0.29, 0.717) is 12.0 Å². The van der Waals surface area contributed by atoms with Gasteiger partial charge in [0, 0.05) is 24.1 Å². The number of amides is 2. The Balaban J connectivity index is 2.01. The molecule has 5 heteroatoms. The first-order valence-electron chi connectivity index (χ1n) is 12.0. The van der Waals surface area contributed by atoms with Crippen molar-refractivity contribution < 1.29 is 14.0 Å². The van der Waals surface area contributed by atoms with Crippen LogP contribution in [-0.2, 0) is 29.0 Å². The van der Waals surface area contributed by atoms with E-state index in [0.717, 1.165) is 22.3 Å². The average molecular weight is 475 g/mol. The maximum absolute atomic E-state index is 14.7. The molecule has 0 aliphatic heterocycles. The van der Waals surface area contributed by atoms with Gasteiger partial charge in [0.25, 0.3) is 0 Å². The third kappa shape index (κ3) is 7.51. The monoisotopic (exact) mass is 474 g/mol. The Morgan fingerprint density at radius 2 is 1.54 bits per heavy atom. The van der Waals surface area contributed by atoms with Gasteiger partial charge in [0.1, 0.15) is 11.9 Å². The summed E-state index contributed by atoms with van der Waals surface area (Å²) in [5.41, 5.74) is 3.94. The molecule has 0 heterocycles. The van der Waals surface area contributed by atoms with E-state index in [4.69, 9.17) is 0 Å². The normalized spacial score (nSPS) is 12.2. The van der Waals surface area contributed by atoms with Crippen LogP contribution in [0.2, 0.25) is 0 Å². The van der Waals surface area contributed by atoms with Gasteiger partial charge in [0.2, 0.25) is 11.8 Å². The lowest BCUT2D eigenvalue weighted by molar-refractivity contribution is -0.141. The molecular weight excluding hydrogens is 439 g/mol. The molecule has 3 aromatic carbocycles. The molecule has 1 atom stereocenters.